The maximum Gasteiger partial charge on any atom is 0.338 e. The summed E-state index contributed by atoms with van der Waals surface area (Å²) in [6, 6.07) is 12.6. The highest BCUT2D eigenvalue weighted by atomic mass is 32.2. The van der Waals surface area contributed by atoms with Gasteiger partial charge >= 0.3 is 11.9 Å². The second kappa shape index (κ2) is 9.92. The highest BCUT2D eigenvalue weighted by Gasteiger charge is 2.36. The lowest BCUT2D eigenvalue weighted by Crippen LogP contribution is -2.29. The molecule has 2 aromatic carbocycles. The number of fused-ring (bicyclic) bond motifs is 1. The van der Waals surface area contributed by atoms with Crippen molar-refractivity contribution >= 4 is 47.1 Å². The van der Waals surface area contributed by atoms with Crippen molar-refractivity contribution in [2.24, 2.45) is 0 Å². The summed E-state index contributed by atoms with van der Waals surface area (Å²) < 4.78 is 9.91. The Morgan fingerprint density at radius 2 is 1.74 bits per heavy atom. The molecule has 1 fully saturated rings. The van der Waals surface area contributed by atoms with Crippen LogP contribution in [0.4, 0.5) is 5.69 Å². The topological polar surface area (TPSA) is 110 Å². The maximum atomic E-state index is 12.7. The van der Waals surface area contributed by atoms with E-state index in [1.807, 2.05) is 0 Å². The summed E-state index contributed by atoms with van der Waals surface area (Å²) in [6.07, 6.45) is 1.61. The SMILES string of the molecule is COC(=O)/C=C1/SCC(=O)N1CCCOC(=O)c1cccc(N2C(=O)c3ccccc3C2=O)c1. The van der Waals surface area contributed by atoms with Crippen LogP contribution in [-0.2, 0) is 19.1 Å². The van der Waals surface area contributed by atoms with Crippen LogP contribution < -0.4 is 4.90 Å². The van der Waals surface area contributed by atoms with Crippen molar-refractivity contribution in [3.8, 4) is 0 Å². The maximum absolute atomic E-state index is 12.7. The quantitative estimate of drug-likeness (QED) is 0.257. The van der Waals surface area contributed by atoms with Gasteiger partial charge in [-0.25, -0.2) is 14.5 Å². The predicted octanol–water partition coefficient (Wildman–Crippen LogP) is 2.62. The number of carbonyl (C=O) groups is 5. The standard InChI is InChI=1S/C24H20N2O7S/c1-32-21(28)13-20-25(19(27)14-34-20)10-5-11-33-24(31)15-6-4-7-16(12-15)26-22(29)17-8-2-3-9-18(17)23(26)30/h2-4,6-9,12-13H,5,10-11,14H2,1H3/b20-13+. The Bertz CT molecular complexity index is 1190. The smallest absolute Gasteiger partial charge is 0.338 e. The van der Waals surface area contributed by atoms with Crippen LogP contribution in [0.5, 0.6) is 0 Å². The third-order valence-electron chi connectivity index (χ3n) is 5.25. The first-order chi connectivity index (χ1) is 16.4. The van der Waals surface area contributed by atoms with E-state index in [1.165, 1.54) is 42.0 Å². The fraction of sp³-hybridized carbons (Fsp3) is 0.208. The van der Waals surface area contributed by atoms with E-state index >= 15 is 0 Å². The van der Waals surface area contributed by atoms with Crippen LogP contribution in [0, 0.1) is 0 Å². The van der Waals surface area contributed by atoms with E-state index in [0.717, 1.165) is 4.90 Å². The molecule has 0 aliphatic carbocycles. The Morgan fingerprint density at radius 3 is 2.41 bits per heavy atom. The van der Waals surface area contributed by atoms with Crippen molar-refractivity contribution in [1.82, 2.24) is 4.90 Å². The molecular formula is C24H20N2O7S. The summed E-state index contributed by atoms with van der Waals surface area (Å²) in [5.74, 6) is -1.98. The number of imide groups is 1. The Balaban J connectivity index is 1.36. The Kier molecular flexibility index (Phi) is 6.78. The number of anilines is 1. The van der Waals surface area contributed by atoms with Crippen LogP contribution in [0.3, 0.4) is 0 Å². The van der Waals surface area contributed by atoms with E-state index in [0.29, 0.717) is 22.6 Å². The van der Waals surface area contributed by atoms with Crippen LogP contribution in [0.1, 0.15) is 37.5 Å². The van der Waals surface area contributed by atoms with Gasteiger partial charge < -0.3 is 14.4 Å². The molecule has 0 N–H and O–H groups in total. The van der Waals surface area contributed by atoms with E-state index in [1.54, 1.807) is 36.4 Å². The van der Waals surface area contributed by atoms with Crippen molar-refractivity contribution < 1.29 is 33.4 Å². The predicted molar refractivity (Wildman–Crippen MR) is 123 cm³/mol. The van der Waals surface area contributed by atoms with E-state index in [9.17, 15) is 24.0 Å². The molecule has 0 aromatic heterocycles. The van der Waals surface area contributed by atoms with Gasteiger partial charge in [0.05, 0.1) is 53.0 Å². The van der Waals surface area contributed by atoms with E-state index in [4.69, 9.17) is 4.74 Å². The van der Waals surface area contributed by atoms with Crippen LogP contribution in [0.15, 0.2) is 59.6 Å². The number of nitrogens with zero attached hydrogens (tertiary/aromatic N) is 2. The van der Waals surface area contributed by atoms with Crippen LogP contribution >= 0.6 is 11.8 Å². The summed E-state index contributed by atoms with van der Waals surface area (Å²) in [4.78, 5) is 63.9. The monoisotopic (exact) mass is 480 g/mol. The number of rotatable bonds is 7. The number of methoxy groups -OCH3 is 1. The van der Waals surface area contributed by atoms with Gasteiger partial charge in [0.2, 0.25) is 5.91 Å². The van der Waals surface area contributed by atoms with Gasteiger partial charge in [0.15, 0.2) is 0 Å². The van der Waals surface area contributed by atoms with Gasteiger partial charge in [-0.05, 0) is 36.8 Å². The molecule has 10 heteroatoms. The number of hydrogen-bond acceptors (Lipinski definition) is 8. The number of amides is 3. The van der Waals surface area contributed by atoms with Gasteiger partial charge in [0.25, 0.3) is 11.8 Å². The second-order valence-corrected chi connectivity index (χ2v) is 8.37. The lowest BCUT2D eigenvalue weighted by molar-refractivity contribution is -0.134. The molecule has 0 radical (unpaired) electrons. The molecule has 4 rings (SSSR count). The van der Waals surface area contributed by atoms with Crippen molar-refractivity contribution in [2.75, 3.05) is 30.9 Å². The zero-order chi connectivity index (χ0) is 24.2. The average molecular weight is 480 g/mol. The minimum Gasteiger partial charge on any atom is -0.466 e. The molecule has 0 bridgehead atoms. The van der Waals surface area contributed by atoms with Crippen LogP contribution in [0.25, 0.3) is 0 Å². The number of benzene rings is 2. The van der Waals surface area contributed by atoms with Crippen molar-refractivity contribution in [1.29, 1.82) is 0 Å². The third kappa shape index (κ3) is 4.58. The molecule has 2 aromatic rings. The summed E-state index contributed by atoms with van der Waals surface area (Å²) in [6.45, 7) is 0.313. The molecule has 34 heavy (non-hydrogen) atoms. The van der Waals surface area contributed by atoms with Gasteiger partial charge in [-0.3, -0.25) is 14.4 Å². The molecule has 2 heterocycles. The van der Waals surface area contributed by atoms with E-state index in [-0.39, 0.29) is 36.1 Å². The first kappa shape index (κ1) is 23.2. The molecule has 0 saturated carbocycles. The highest BCUT2D eigenvalue weighted by Crippen LogP contribution is 2.30. The zero-order valence-corrected chi connectivity index (χ0v) is 19.0. The molecule has 1 saturated heterocycles. The Hall–Kier alpha value is -3.92. The van der Waals surface area contributed by atoms with Gasteiger partial charge in [-0.15, -0.1) is 0 Å². The third-order valence-corrected chi connectivity index (χ3v) is 6.27. The molecule has 2 aliphatic heterocycles. The van der Waals surface area contributed by atoms with Crippen molar-refractivity contribution in [3.05, 3.63) is 76.3 Å². The van der Waals surface area contributed by atoms with Crippen LogP contribution in [-0.4, -0.2) is 60.6 Å². The first-order valence-corrected chi connectivity index (χ1v) is 11.4. The molecule has 174 valence electrons. The van der Waals surface area contributed by atoms with Gasteiger partial charge in [-0.2, -0.15) is 0 Å². The summed E-state index contributed by atoms with van der Waals surface area (Å²) in [5, 5.41) is 0.497. The Labute approximate surface area is 199 Å². The van der Waals surface area contributed by atoms with Gasteiger partial charge in [0, 0.05) is 6.54 Å². The second-order valence-electron chi connectivity index (χ2n) is 7.37. The fourth-order valence-electron chi connectivity index (χ4n) is 3.60. The largest absolute Gasteiger partial charge is 0.466 e. The summed E-state index contributed by atoms with van der Waals surface area (Å²) >= 11 is 1.24. The lowest BCUT2D eigenvalue weighted by Gasteiger charge is -2.17. The summed E-state index contributed by atoms with van der Waals surface area (Å²) in [7, 11) is 1.26. The average Bonchev–Trinajstić information content (AvgIpc) is 3.32. The normalized spacial score (nSPS) is 16.3. The van der Waals surface area contributed by atoms with E-state index in [2.05, 4.69) is 4.74 Å². The van der Waals surface area contributed by atoms with Gasteiger partial charge in [0.1, 0.15) is 0 Å². The molecular weight excluding hydrogens is 460 g/mol. The molecule has 3 amide bonds. The van der Waals surface area contributed by atoms with Crippen LogP contribution in [0.2, 0.25) is 0 Å². The fourth-order valence-corrected chi connectivity index (χ4v) is 4.55. The minimum absolute atomic E-state index is 0.0377. The number of hydrogen-bond donors (Lipinski definition) is 0. The highest BCUT2D eigenvalue weighted by molar-refractivity contribution is 8.04. The van der Waals surface area contributed by atoms with Crippen molar-refractivity contribution in [3.63, 3.8) is 0 Å². The lowest BCUT2D eigenvalue weighted by atomic mass is 10.1. The number of esters is 2. The number of carbonyl (C=O) groups excluding carboxylic acids is 5. The van der Waals surface area contributed by atoms with Gasteiger partial charge in [-0.1, -0.05) is 30.0 Å². The number of thioether (sulfide) groups is 1. The number of ether oxygens (including phenoxy) is 2. The molecule has 0 unspecified atom stereocenters. The zero-order valence-electron chi connectivity index (χ0n) is 18.2. The molecule has 0 spiro atoms. The Morgan fingerprint density at radius 1 is 1.03 bits per heavy atom. The minimum atomic E-state index is -0.620. The summed E-state index contributed by atoms with van der Waals surface area (Å²) in [5.41, 5.74) is 1.09. The van der Waals surface area contributed by atoms with E-state index < -0.39 is 23.8 Å². The first-order valence-electron chi connectivity index (χ1n) is 10.4. The molecule has 9 nitrogen and oxygen atoms in total. The molecule has 2 aliphatic rings. The molecule has 0 atom stereocenters. The van der Waals surface area contributed by atoms with Crippen molar-refractivity contribution in [2.45, 2.75) is 6.42 Å².